The molecule has 1 unspecified atom stereocenters. The first-order chi connectivity index (χ1) is 7.33. The number of amides is 1. The number of hydrogen-bond donors (Lipinski definition) is 2. The predicted molar refractivity (Wildman–Crippen MR) is 63.6 cm³/mol. The average Bonchev–Trinajstić information content (AvgIpc) is 2.25. The normalized spacial score (nSPS) is 13.8. The molecule has 0 saturated heterocycles. The minimum absolute atomic E-state index is 0.00367. The molecule has 0 rings (SSSR count). The highest BCUT2D eigenvalue weighted by Crippen LogP contribution is 1.96. The lowest BCUT2D eigenvalue weighted by Gasteiger charge is -2.16. The molecule has 1 amide bonds. The number of hydrogen-bond acceptors (Lipinski definition) is 4. The Morgan fingerprint density at radius 3 is 2.44 bits per heavy atom. The summed E-state index contributed by atoms with van der Waals surface area (Å²) in [6.45, 7) is 3.82. The predicted octanol–water partition coefficient (Wildman–Crippen LogP) is -1.01. The van der Waals surface area contributed by atoms with Gasteiger partial charge in [-0.15, -0.1) is 0 Å². The third-order valence-corrected chi connectivity index (χ3v) is 4.11. The summed E-state index contributed by atoms with van der Waals surface area (Å²) in [4.78, 5) is 11.4. The first kappa shape index (κ1) is 15.3. The van der Waals surface area contributed by atoms with Crippen molar-refractivity contribution in [3.63, 3.8) is 0 Å². The third-order valence-electron chi connectivity index (χ3n) is 2.30. The summed E-state index contributed by atoms with van der Waals surface area (Å²) in [6.07, 6.45) is 0. The van der Waals surface area contributed by atoms with Crippen LogP contribution >= 0.6 is 0 Å². The van der Waals surface area contributed by atoms with E-state index in [0.717, 1.165) is 4.31 Å². The topological polar surface area (TPSA) is 78.5 Å². The third kappa shape index (κ3) is 5.43. The van der Waals surface area contributed by atoms with Crippen LogP contribution in [-0.2, 0) is 14.8 Å². The van der Waals surface area contributed by atoms with Gasteiger partial charge >= 0.3 is 0 Å². The van der Waals surface area contributed by atoms with Crippen molar-refractivity contribution in [1.82, 2.24) is 14.9 Å². The Morgan fingerprint density at radius 2 is 2.00 bits per heavy atom. The van der Waals surface area contributed by atoms with Crippen LogP contribution in [0.4, 0.5) is 0 Å². The van der Waals surface area contributed by atoms with Crippen LogP contribution in [0.2, 0.25) is 0 Å². The fourth-order valence-corrected chi connectivity index (χ4v) is 1.70. The largest absolute Gasteiger partial charge is 0.353 e. The molecule has 0 aromatic rings. The highest BCUT2D eigenvalue weighted by Gasteiger charge is 2.18. The molecule has 0 aliphatic rings. The Hall–Kier alpha value is -0.660. The second-order valence-corrected chi connectivity index (χ2v) is 6.01. The summed E-state index contributed by atoms with van der Waals surface area (Å²) in [5, 5.41) is 5.62. The second kappa shape index (κ2) is 6.82. The molecule has 0 bridgehead atoms. The highest BCUT2D eigenvalue weighted by molar-refractivity contribution is 7.89. The van der Waals surface area contributed by atoms with Crippen LogP contribution in [0.15, 0.2) is 0 Å². The molecule has 0 aliphatic heterocycles. The quantitative estimate of drug-likeness (QED) is 0.608. The Labute approximate surface area is 97.4 Å². The van der Waals surface area contributed by atoms with Gasteiger partial charge in [0.25, 0.3) is 0 Å². The Morgan fingerprint density at radius 1 is 1.44 bits per heavy atom. The van der Waals surface area contributed by atoms with E-state index in [1.807, 2.05) is 6.92 Å². The van der Waals surface area contributed by atoms with Crippen molar-refractivity contribution in [2.75, 3.05) is 32.9 Å². The number of rotatable bonds is 7. The molecule has 0 aromatic heterocycles. The van der Waals surface area contributed by atoms with E-state index in [-0.39, 0.29) is 24.2 Å². The first-order valence-corrected chi connectivity index (χ1v) is 6.82. The van der Waals surface area contributed by atoms with Gasteiger partial charge in [-0.25, -0.2) is 8.42 Å². The maximum atomic E-state index is 11.4. The van der Waals surface area contributed by atoms with Crippen LogP contribution in [-0.4, -0.2) is 57.6 Å². The molecular formula is C9H21N3O3S. The smallest absolute Gasteiger partial charge is 0.235 e. The molecule has 0 radical (unpaired) electrons. The zero-order valence-corrected chi connectivity index (χ0v) is 11.1. The van der Waals surface area contributed by atoms with Gasteiger partial charge in [0.1, 0.15) is 0 Å². The fraction of sp³-hybridized carbons (Fsp3) is 0.889. The van der Waals surface area contributed by atoms with E-state index in [9.17, 15) is 13.2 Å². The lowest BCUT2D eigenvalue weighted by molar-refractivity contribution is -0.121. The van der Waals surface area contributed by atoms with E-state index in [0.29, 0.717) is 6.54 Å². The SMILES string of the molecule is CCS(=O)(=O)N(C)CC(=O)NCC(C)NC. The van der Waals surface area contributed by atoms with Gasteiger partial charge in [-0.1, -0.05) is 0 Å². The summed E-state index contributed by atoms with van der Waals surface area (Å²) in [5.41, 5.74) is 0. The standard InChI is InChI=1S/C9H21N3O3S/c1-5-16(14,15)12(4)7-9(13)11-6-8(2)10-3/h8,10H,5-7H2,1-4H3,(H,11,13). The van der Waals surface area contributed by atoms with Crippen LogP contribution in [0, 0.1) is 0 Å². The van der Waals surface area contributed by atoms with Crippen molar-refractivity contribution in [3.05, 3.63) is 0 Å². The van der Waals surface area contributed by atoms with Gasteiger partial charge < -0.3 is 10.6 Å². The summed E-state index contributed by atoms with van der Waals surface area (Å²) in [7, 11) is -0.0817. The molecule has 0 fully saturated rings. The zero-order valence-electron chi connectivity index (χ0n) is 10.3. The molecule has 0 saturated carbocycles. The number of nitrogens with zero attached hydrogens (tertiary/aromatic N) is 1. The van der Waals surface area contributed by atoms with Gasteiger partial charge in [0.2, 0.25) is 15.9 Å². The lowest BCUT2D eigenvalue weighted by atomic mass is 10.3. The van der Waals surface area contributed by atoms with Crippen molar-refractivity contribution in [3.8, 4) is 0 Å². The van der Waals surface area contributed by atoms with Crippen LogP contribution in [0.1, 0.15) is 13.8 Å². The van der Waals surface area contributed by atoms with Crippen LogP contribution in [0.25, 0.3) is 0 Å². The molecule has 7 heteroatoms. The maximum absolute atomic E-state index is 11.4. The van der Waals surface area contributed by atoms with Crippen molar-refractivity contribution in [2.24, 2.45) is 0 Å². The minimum atomic E-state index is -3.28. The van der Waals surface area contributed by atoms with E-state index < -0.39 is 10.0 Å². The van der Waals surface area contributed by atoms with Gasteiger partial charge in [0, 0.05) is 19.6 Å². The highest BCUT2D eigenvalue weighted by atomic mass is 32.2. The van der Waals surface area contributed by atoms with Crippen molar-refractivity contribution >= 4 is 15.9 Å². The van der Waals surface area contributed by atoms with E-state index in [2.05, 4.69) is 10.6 Å². The van der Waals surface area contributed by atoms with Gasteiger partial charge in [-0.3, -0.25) is 4.79 Å². The monoisotopic (exact) mass is 251 g/mol. The maximum Gasteiger partial charge on any atom is 0.235 e. The summed E-state index contributed by atoms with van der Waals surface area (Å²) in [6, 6.07) is 0.164. The van der Waals surface area contributed by atoms with Crippen molar-refractivity contribution in [2.45, 2.75) is 19.9 Å². The average molecular weight is 251 g/mol. The molecule has 96 valence electrons. The zero-order chi connectivity index (χ0) is 12.8. The Bertz CT molecular complexity index is 316. The summed E-state index contributed by atoms with van der Waals surface area (Å²) in [5.74, 6) is -0.286. The minimum Gasteiger partial charge on any atom is -0.353 e. The van der Waals surface area contributed by atoms with Crippen molar-refractivity contribution in [1.29, 1.82) is 0 Å². The lowest BCUT2D eigenvalue weighted by Crippen LogP contribution is -2.43. The number of carbonyl (C=O) groups is 1. The Balaban J connectivity index is 4.07. The Kier molecular flexibility index (Phi) is 6.54. The van der Waals surface area contributed by atoms with E-state index in [1.165, 1.54) is 7.05 Å². The van der Waals surface area contributed by atoms with Gasteiger partial charge in [-0.05, 0) is 20.9 Å². The molecule has 0 spiro atoms. The molecule has 0 aliphatic carbocycles. The number of likely N-dealkylation sites (N-methyl/N-ethyl adjacent to an activating group) is 2. The van der Waals surface area contributed by atoms with E-state index >= 15 is 0 Å². The molecule has 1 atom stereocenters. The molecule has 6 nitrogen and oxygen atoms in total. The summed E-state index contributed by atoms with van der Waals surface area (Å²) < 4.78 is 23.8. The van der Waals surface area contributed by atoms with E-state index in [4.69, 9.17) is 0 Å². The number of sulfonamides is 1. The molecule has 16 heavy (non-hydrogen) atoms. The fourth-order valence-electron chi connectivity index (χ4n) is 0.946. The van der Waals surface area contributed by atoms with Crippen LogP contribution in [0.3, 0.4) is 0 Å². The summed E-state index contributed by atoms with van der Waals surface area (Å²) >= 11 is 0. The van der Waals surface area contributed by atoms with E-state index in [1.54, 1.807) is 14.0 Å². The first-order valence-electron chi connectivity index (χ1n) is 5.21. The molecule has 0 aromatic carbocycles. The molecule has 2 N–H and O–H groups in total. The second-order valence-electron chi connectivity index (χ2n) is 3.65. The van der Waals surface area contributed by atoms with Crippen LogP contribution in [0.5, 0.6) is 0 Å². The van der Waals surface area contributed by atoms with Crippen molar-refractivity contribution < 1.29 is 13.2 Å². The number of nitrogens with one attached hydrogen (secondary N) is 2. The van der Waals surface area contributed by atoms with Gasteiger partial charge in [0.05, 0.1) is 12.3 Å². The van der Waals surface area contributed by atoms with Crippen LogP contribution < -0.4 is 10.6 Å². The number of carbonyl (C=O) groups excluding carboxylic acids is 1. The van der Waals surface area contributed by atoms with Gasteiger partial charge in [0.15, 0.2) is 0 Å². The van der Waals surface area contributed by atoms with Gasteiger partial charge in [-0.2, -0.15) is 4.31 Å². The molecule has 0 heterocycles. The molecular weight excluding hydrogens is 230 g/mol.